The van der Waals surface area contributed by atoms with Gasteiger partial charge in [-0.15, -0.1) is 0 Å². The van der Waals surface area contributed by atoms with Gasteiger partial charge in [-0.25, -0.2) is 0 Å². The molecule has 0 aromatic heterocycles. The van der Waals surface area contributed by atoms with Crippen LogP contribution in [0.2, 0.25) is 0 Å². The van der Waals surface area contributed by atoms with Gasteiger partial charge in [0.05, 0.1) is 11.4 Å². The van der Waals surface area contributed by atoms with E-state index in [-0.39, 0.29) is 50.0 Å². The Kier molecular flexibility index (Phi) is 16.0. The van der Waals surface area contributed by atoms with Gasteiger partial charge in [-0.3, -0.25) is 0 Å². The van der Waals surface area contributed by atoms with Crippen LogP contribution in [0, 0.1) is 0 Å². The Balaban J connectivity index is 1.02. The number of nitrogens with zero attached hydrogens (tertiary/aromatic N) is 2. The zero-order valence-electron chi connectivity index (χ0n) is 64.2. The molecule has 11 aromatic carbocycles. The van der Waals surface area contributed by atoms with Gasteiger partial charge in [-0.1, -0.05) is 327 Å². The fourth-order valence-corrected chi connectivity index (χ4v) is 17.4. The summed E-state index contributed by atoms with van der Waals surface area (Å²) in [7, 11) is 0. The largest absolute Gasteiger partial charge is 0.311 e. The topological polar surface area (TPSA) is 6.48 Å². The molecule has 101 heavy (non-hydrogen) atoms. The van der Waals surface area contributed by atoms with E-state index >= 15 is 0 Å². The molecule has 0 unspecified atom stereocenters. The molecule has 0 radical (unpaired) electrons. The predicted molar refractivity (Wildman–Crippen MR) is 438 cm³/mol. The molecule has 11 aromatic rings. The van der Waals surface area contributed by atoms with Gasteiger partial charge in [-0.2, -0.15) is 0 Å². The van der Waals surface area contributed by atoms with Crippen molar-refractivity contribution in [2.75, 3.05) is 9.80 Å². The first-order chi connectivity index (χ1) is 47.6. The highest BCUT2D eigenvalue weighted by Gasteiger charge is 2.46. The number of para-hydroxylation sites is 2. The van der Waals surface area contributed by atoms with E-state index in [4.69, 9.17) is 0 Å². The number of hydrogen-bond acceptors (Lipinski definition) is 2. The van der Waals surface area contributed by atoms with Crippen LogP contribution in [0.4, 0.5) is 34.1 Å². The van der Waals surface area contributed by atoms with Crippen molar-refractivity contribution < 1.29 is 0 Å². The average Bonchev–Trinajstić information content (AvgIpc) is 0.694. The van der Waals surface area contributed by atoms with Gasteiger partial charge in [0, 0.05) is 33.9 Å². The Labute approximate surface area is 606 Å². The molecule has 0 spiro atoms. The SMILES string of the molecule is CC(C)(C)c1cc(-c2ccccc2-c2ccc3c(c2)B2c4cc(-c5ccccc5-c5cc(C(C)(C)C)cc(C(C)(C)C)c5)ccc4N(c4ccccc4-c4ccc5c(c4)C(C)(C)CCC5(C)C)c4cccc(c42)N3c2ccccc2-c2ccc3c(c2)C(C)(C)CCC3(C)C)cc(C(C)(C)C)c1. The van der Waals surface area contributed by atoms with Crippen LogP contribution >= 0.6 is 0 Å². The lowest BCUT2D eigenvalue weighted by molar-refractivity contribution is 0.332. The second-order valence-corrected chi connectivity index (χ2v) is 37.1. The van der Waals surface area contributed by atoms with E-state index < -0.39 is 0 Å². The van der Waals surface area contributed by atoms with Crippen LogP contribution in [0.5, 0.6) is 0 Å². The summed E-state index contributed by atoms with van der Waals surface area (Å²) in [5.41, 5.74) is 37.1. The Morgan fingerprint density at radius 1 is 0.248 bits per heavy atom. The minimum Gasteiger partial charge on any atom is -0.311 e. The monoisotopic (exact) mass is 1320 g/mol. The quantitative estimate of drug-likeness (QED) is 0.140. The van der Waals surface area contributed by atoms with Crippen LogP contribution in [-0.2, 0) is 43.3 Å². The second-order valence-electron chi connectivity index (χ2n) is 37.1. The minimum absolute atomic E-state index is 0.0402. The minimum atomic E-state index is -0.177. The van der Waals surface area contributed by atoms with Crippen LogP contribution in [0.25, 0.3) is 66.8 Å². The molecular weight excluding hydrogens is 1220 g/mol. The van der Waals surface area contributed by atoms with Crippen LogP contribution in [0.1, 0.15) is 209 Å². The Bertz CT molecular complexity index is 4750. The average molecular weight is 1320 g/mol. The highest BCUT2D eigenvalue weighted by Crippen LogP contribution is 2.54. The van der Waals surface area contributed by atoms with Crippen LogP contribution in [0.15, 0.2) is 224 Å². The zero-order chi connectivity index (χ0) is 71.5. The van der Waals surface area contributed by atoms with Crippen molar-refractivity contribution in [2.24, 2.45) is 0 Å². The van der Waals surface area contributed by atoms with Gasteiger partial charge >= 0.3 is 0 Å². The molecule has 0 fully saturated rings. The Morgan fingerprint density at radius 2 is 0.525 bits per heavy atom. The fraction of sp³-hybridized carbons (Fsp3) is 0.327. The molecule has 0 amide bonds. The van der Waals surface area contributed by atoms with E-state index in [0.29, 0.717) is 0 Å². The van der Waals surface area contributed by atoms with Crippen molar-refractivity contribution in [3.05, 3.63) is 269 Å². The number of anilines is 6. The molecule has 0 bridgehead atoms. The summed E-state index contributed by atoms with van der Waals surface area (Å²) < 4.78 is 0. The number of benzene rings is 11. The Hall–Kier alpha value is -8.92. The van der Waals surface area contributed by atoms with Gasteiger partial charge in [0.25, 0.3) is 6.71 Å². The molecule has 0 saturated carbocycles. The van der Waals surface area contributed by atoms with Crippen molar-refractivity contribution in [2.45, 2.75) is 207 Å². The molecule has 2 heterocycles. The first kappa shape index (κ1) is 67.9. The number of hydrogen-bond donors (Lipinski definition) is 0. The molecule has 2 aliphatic heterocycles. The molecule has 15 rings (SSSR count). The normalized spacial score (nSPS) is 16.4. The van der Waals surface area contributed by atoms with Crippen molar-refractivity contribution in [1.29, 1.82) is 0 Å². The molecule has 510 valence electrons. The van der Waals surface area contributed by atoms with Crippen molar-refractivity contribution in [3.63, 3.8) is 0 Å². The highest BCUT2D eigenvalue weighted by molar-refractivity contribution is 7.00. The summed E-state index contributed by atoms with van der Waals surface area (Å²) >= 11 is 0. The van der Waals surface area contributed by atoms with Crippen molar-refractivity contribution in [1.82, 2.24) is 0 Å². The lowest BCUT2D eigenvalue weighted by atomic mass is 9.33. The highest BCUT2D eigenvalue weighted by atomic mass is 15.2. The number of fused-ring (bicyclic) bond motifs is 6. The zero-order valence-corrected chi connectivity index (χ0v) is 64.2. The Morgan fingerprint density at radius 3 is 0.861 bits per heavy atom. The van der Waals surface area contributed by atoms with E-state index in [2.05, 4.69) is 373 Å². The summed E-state index contributed by atoms with van der Waals surface area (Å²) in [5, 5.41) is 0. The maximum absolute atomic E-state index is 2.66. The molecule has 2 nitrogen and oxygen atoms in total. The molecule has 0 N–H and O–H groups in total. The first-order valence-electron chi connectivity index (χ1n) is 37.6. The van der Waals surface area contributed by atoms with Crippen LogP contribution < -0.4 is 26.2 Å². The van der Waals surface area contributed by atoms with Crippen molar-refractivity contribution in [3.8, 4) is 66.8 Å². The second kappa shape index (κ2) is 23.8. The van der Waals surface area contributed by atoms with E-state index in [1.807, 2.05) is 0 Å². The molecule has 0 atom stereocenters. The summed E-state index contributed by atoms with van der Waals surface area (Å²) in [6.45, 7) is 47.7. The van der Waals surface area contributed by atoms with E-state index in [1.165, 1.54) is 175 Å². The third-order valence-electron chi connectivity index (χ3n) is 24.0. The van der Waals surface area contributed by atoms with Gasteiger partial charge in [0.1, 0.15) is 0 Å². The maximum Gasteiger partial charge on any atom is 0.252 e. The smallest absolute Gasteiger partial charge is 0.252 e. The van der Waals surface area contributed by atoms with Gasteiger partial charge < -0.3 is 9.80 Å². The third-order valence-corrected chi connectivity index (χ3v) is 24.0. The van der Waals surface area contributed by atoms with Gasteiger partial charge in [0.15, 0.2) is 0 Å². The van der Waals surface area contributed by atoms with Crippen LogP contribution in [0.3, 0.4) is 0 Å². The summed E-state index contributed by atoms with van der Waals surface area (Å²) in [6.07, 6.45) is 4.65. The summed E-state index contributed by atoms with van der Waals surface area (Å²) in [4.78, 5) is 5.31. The lowest BCUT2D eigenvalue weighted by Crippen LogP contribution is -2.61. The van der Waals surface area contributed by atoms with Crippen molar-refractivity contribution >= 4 is 57.2 Å². The standard InChI is InChI=1S/C98H105BN2/c1-91(2,3)68-52-66(53-69(60-68)92(4,5)6)74-32-23-21-30-72(74)64-42-46-86-82(58-64)99-83-59-65(73-31-22-24-33-75(73)67-54-70(93(7,8)9)61-71(55-67)94(10,11)12)43-47-87(83)101(85-37-28-26-35-77(85)63-41-45-79-81(57-63)98(19,20)51-49-96(79,15)16)89-39-29-38-88(90(89)99)100(86)84-36-27-25-34-76(84)62-40-44-78-80(56-62)97(17,18)50-48-95(78,13)14/h21-47,52-61H,48-51H2,1-20H3. The predicted octanol–water partition coefficient (Wildman–Crippen LogP) is 25.7. The maximum atomic E-state index is 2.66. The summed E-state index contributed by atoms with van der Waals surface area (Å²) in [5.74, 6) is 0. The number of rotatable bonds is 8. The third kappa shape index (κ3) is 11.8. The molecule has 2 aliphatic carbocycles. The van der Waals surface area contributed by atoms with Crippen LogP contribution in [-0.4, -0.2) is 6.71 Å². The van der Waals surface area contributed by atoms with Gasteiger partial charge in [0.2, 0.25) is 0 Å². The molecule has 3 heteroatoms. The molecular formula is C98H105BN2. The lowest BCUT2D eigenvalue weighted by Gasteiger charge is -2.45. The molecule has 0 saturated heterocycles. The van der Waals surface area contributed by atoms with E-state index in [1.54, 1.807) is 0 Å². The summed E-state index contributed by atoms with van der Waals surface area (Å²) in [6, 6.07) is 88.9. The van der Waals surface area contributed by atoms with E-state index in [0.717, 1.165) is 12.8 Å². The molecule has 4 aliphatic rings. The van der Waals surface area contributed by atoms with Gasteiger partial charge in [-0.05, 0) is 222 Å². The fourth-order valence-electron chi connectivity index (χ4n) is 17.4. The van der Waals surface area contributed by atoms with E-state index in [9.17, 15) is 0 Å². The first-order valence-corrected chi connectivity index (χ1v) is 37.6.